The number of rotatable bonds is 10. The largest absolute Gasteiger partial charge is 0.436 e. The molecule has 12 heteroatoms. The molecule has 0 radical (unpaired) electrons. The lowest BCUT2D eigenvalue weighted by atomic mass is 10.1. The summed E-state index contributed by atoms with van der Waals surface area (Å²) in [6.07, 6.45) is 2.92. The van der Waals surface area contributed by atoms with Gasteiger partial charge in [-0.05, 0) is 44.5 Å². The second-order valence-corrected chi connectivity index (χ2v) is 10.5. The van der Waals surface area contributed by atoms with Gasteiger partial charge in [0.2, 0.25) is 0 Å². The van der Waals surface area contributed by atoms with Crippen LogP contribution in [0.2, 0.25) is 5.02 Å². The molecule has 2 aliphatic rings. The number of benzene rings is 1. The first kappa shape index (κ1) is 24.9. The molecule has 3 heterocycles. The first-order valence-corrected chi connectivity index (χ1v) is 12.6. The van der Waals surface area contributed by atoms with Crippen LogP contribution in [0.15, 0.2) is 30.6 Å². The Morgan fingerprint density at radius 3 is 2.82 bits per heavy atom. The van der Waals surface area contributed by atoms with Gasteiger partial charge in [0.05, 0.1) is 24.9 Å². The fourth-order valence-corrected chi connectivity index (χ4v) is 5.31. The molecule has 4 unspecified atom stereocenters. The minimum absolute atomic E-state index is 0.130. The second kappa shape index (κ2) is 10.6. The number of hydrogen-bond acceptors (Lipinski definition) is 10. The molecule has 0 bridgehead atoms. The van der Waals surface area contributed by atoms with E-state index in [9.17, 15) is 4.79 Å². The minimum Gasteiger partial charge on any atom is -0.436 e. The average molecular weight is 509 g/mol. The Morgan fingerprint density at radius 2 is 2.12 bits per heavy atom. The Labute approximate surface area is 205 Å². The maximum Gasteiger partial charge on any atom is 0.319 e. The van der Waals surface area contributed by atoms with E-state index in [0.717, 1.165) is 30.0 Å². The molecule has 0 saturated carbocycles. The fraction of sp³-hybridized carbons (Fsp3) is 0.500. The van der Waals surface area contributed by atoms with Crippen molar-refractivity contribution in [2.45, 2.75) is 45.1 Å². The van der Waals surface area contributed by atoms with E-state index < -0.39 is 14.1 Å². The van der Waals surface area contributed by atoms with Crippen LogP contribution in [-0.4, -0.2) is 54.4 Å². The molecular weight excluding hydrogens is 479 g/mol. The quantitative estimate of drug-likeness (QED) is 0.321. The van der Waals surface area contributed by atoms with Crippen LogP contribution in [0.3, 0.4) is 0 Å². The first-order chi connectivity index (χ1) is 16.3. The lowest BCUT2D eigenvalue weighted by molar-refractivity contribution is -0.111. The van der Waals surface area contributed by atoms with E-state index in [0.29, 0.717) is 24.0 Å². The van der Waals surface area contributed by atoms with Crippen LogP contribution in [-0.2, 0) is 14.1 Å². The number of halogens is 1. The van der Waals surface area contributed by atoms with Crippen molar-refractivity contribution >= 4 is 43.7 Å². The average Bonchev–Trinajstić information content (AvgIpc) is 3.41. The van der Waals surface area contributed by atoms with Crippen molar-refractivity contribution in [1.82, 2.24) is 15.1 Å². The van der Waals surface area contributed by atoms with Gasteiger partial charge in [-0.2, -0.15) is 0 Å². The maximum atomic E-state index is 11.5. The number of ether oxygens (including phenoxy) is 1. The third-order valence-electron chi connectivity index (χ3n) is 5.58. The molecule has 0 aliphatic carbocycles. The molecule has 10 nitrogen and oxygen atoms in total. The van der Waals surface area contributed by atoms with Crippen molar-refractivity contribution in [2.24, 2.45) is 5.92 Å². The molecule has 4 rings (SSSR count). The second-order valence-electron chi connectivity index (χ2n) is 8.89. The SMILES string of the molecule is CNc1ncnc2c1NCN2C1OC(COP(NC(C)(C)C=O)Oc2ccc(Cl)cc2)CC1C. The fourth-order valence-electron chi connectivity index (χ4n) is 3.89. The van der Waals surface area contributed by atoms with Gasteiger partial charge in [-0.15, -0.1) is 0 Å². The molecule has 2 aromatic rings. The van der Waals surface area contributed by atoms with Crippen molar-refractivity contribution in [3.05, 3.63) is 35.6 Å². The molecule has 34 heavy (non-hydrogen) atoms. The first-order valence-electron chi connectivity index (χ1n) is 11.1. The van der Waals surface area contributed by atoms with Gasteiger partial charge >= 0.3 is 8.53 Å². The molecule has 0 amide bonds. The van der Waals surface area contributed by atoms with E-state index in [1.807, 2.05) is 7.05 Å². The molecule has 1 aromatic heterocycles. The third-order valence-corrected chi connectivity index (χ3v) is 7.35. The molecule has 1 aromatic carbocycles. The van der Waals surface area contributed by atoms with Gasteiger partial charge < -0.3 is 34.1 Å². The molecule has 184 valence electrons. The summed E-state index contributed by atoms with van der Waals surface area (Å²) < 4.78 is 18.5. The maximum absolute atomic E-state index is 11.5. The number of nitrogens with zero attached hydrogens (tertiary/aromatic N) is 3. The van der Waals surface area contributed by atoms with Crippen molar-refractivity contribution in [2.75, 3.05) is 35.9 Å². The molecule has 0 spiro atoms. The van der Waals surface area contributed by atoms with Crippen molar-refractivity contribution < 1.29 is 18.6 Å². The van der Waals surface area contributed by atoms with E-state index in [-0.39, 0.29) is 18.2 Å². The minimum atomic E-state index is -1.60. The standard InChI is InChI=1S/C22H30ClN6O4P/c1-14-9-17(32-21(14)29-13-27-18-19(24-4)25-12-26-20(18)29)10-31-34(28-22(2,3)11-30)33-16-7-5-15(23)6-8-16/h5-8,11-12,14,17,21,27-28H,9-10,13H2,1-4H3,(H,24,25,26). The summed E-state index contributed by atoms with van der Waals surface area (Å²) in [4.78, 5) is 22.3. The number of fused-ring (bicyclic) bond motifs is 1. The zero-order valence-corrected chi connectivity index (χ0v) is 21.3. The monoisotopic (exact) mass is 508 g/mol. The number of carbonyl (C=O) groups is 1. The Bertz CT molecular complexity index is 998. The molecule has 3 N–H and O–H groups in total. The van der Waals surface area contributed by atoms with Gasteiger partial charge in [0, 0.05) is 18.0 Å². The van der Waals surface area contributed by atoms with Gasteiger partial charge in [-0.25, -0.2) is 15.1 Å². The number of hydrogen-bond donors (Lipinski definition) is 3. The summed E-state index contributed by atoms with van der Waals surface area (Å²) in [6, 6.07) is 7.01. The van der Waals surface area contributed by atoms with Gasteiger partial charge in [0.1, 0.15) is 30.3 Å². The van der Waals surface area contributed by atoms with Crippen molar-refractivity contribution in [3.8, 4) is 5.75 Å². The van der Waals surface area contributed by atoms with Gasteiger partial charge in [-0.3, -0.25) is 0 Å². The van der Waals surface area contributed by atoms with Crippen LogP contribution in [0, 0.1) is 5.92 Å². The van der Waals surface area contributed by atoms with Crippen LogP contribution in [0.4, 0.5) is 17.3 Å². The molecule has 2 aliphatic heterocycles. The Kier molecular flexibility index (Phi) is 7.74. The van der Waals surface area contributed by atoms with Crippen LogP contribution in [0.1, 0.15) is 27.2 Å². The summed E-state index contributed by atoms with van der Waals surface area (Å²) in [7, 11) is 0.229. The van der Waals surface area contributed by atoms with Gasteiger partial charge in [0.25, 0.3) is 0 Å². The van der Waals surface area contributed by atoms with Crippen molar-refractivity contribution in [1.29, 1.82) is 0 Å². The molecular formula is C22H30ClN6O4P. The van der Waals surface area contributed by atoms with E-state index in [2.05, 4.69) is 37.5 Å². The van der Waals surface area contributed by atoms with Gasteiger partial charge in [0.15, 0.2) is 11.6 Å². The molecule has 1 fully saturated rings. The summed E-state index contributed by atoms with van der Waals surface area (Å²) in [5.74, 6) is 2.44. The van der Waals surface area contributed by atoms with E-state index in [4.69, 9.17) is 25.4 Å². The normalized spacial score (nSPS) is 22.7. The zero-order chi connectivity index (χ0) is 24.3. The number of carbonyl (C=O) groups excluding carboxylic acids is 1. The van der Waals surface area contributed by atoms with Gasteiger partial charge in [-0.1, -0.05) is 18.5 Å². The highest BCUT2D eigenvalue weighted by Gasteiger charge is 2.40. The summed E-state index contributed by atoms with van der Waals surface area (Å²) in [5.41, 5.74) is 0.0702. The lowest BCUT2D eigenvalue weighted by Crippen LogP contribution is -2.39. The Hall–Kier alpha value is -2.23. The molecule has 4 atom stereocenters. The summed E-state index contributed by atoms with van der Waals surface area (Å²) in [5, 5.41) is 10.2. The summed E-state index contributed by atoms with van der Waals surface area (Å²) in [6.45, 7) is 6.61. The van der Waals surface area contributed by atoms with E-state index >= 15 is 0 Å². The topological polar surface area (TPSA) is 110 Å². The van der Waals surface area contributed by atoms with Crippen LogP contribution in [0.5, 0.6) is 5.75 Å². The Balaban J connectivity index is 1.40. The van der Waals surface area contributed by atoms with Crippen molar-refractivity contribution in [3.63, 3.8) is 0 Å². The molecule has 1 saturated heterocycles. The predicted molar refractivity (Wildman–Crippen MR) is 133 cm³/mol. The number of aldehydes is 1. The number of aromatic nitrogens is 2. The summed E-state index contributed by atoms with van der Waals surface area (Å²) >= 11 is 5.97. The highest BCUT2D eigenvalue weighted by Crippen LogP contribution is 2.42. The Morgan fingerprint density at radius 1 is 1.35 bits per heavy atom. The van der Waals surface area contributed by atoms with Crippen LogP contribution < -0.4 is 25.1 Å². The highest BCUT2D eigenvalue weighted by molar-refractivity contribution is 7.45. The van der Waals surface area contributed by atoms with Crippen LogP contribution >= 0.6 is 20.1 Å². The number of anilines is 3. The van der Waals surface area contributed by atoms with Crippen LogP contribution in [0.25, 0.3) is 0 Å². The number of nitrogens with one attached hydrogen (secondary N) is 3. The van der Waals surface area contributed by atoms with E-state index in [1.165, 1.54) is 0 Å². The highest BCUT2D eigenvalue weighted by atomic mass is 35.5. The third kappa shape index (κ3) is 5.70. The smallest absolute Gasteiger partial charge is 0.319 e. The predicted octanol–water partition coefficient (Wildman–Crippen LogP) is 4.00. The zero-order valence-electron chi connectivity index (χ0n) is 19.6. The van der Waals surface area contributed by atoms with E-state index in [1.54, 1.807) is 44.4 Å². The lowest BCUT2D eigenvalue weighted by Gasteiger charge is -2.28.